The van der Waals surface area contributed by atoms with Crippen molar-refractivity contribution in [3.63, 3.8) is 0 Å². The molecular weight excluding hydrogens is 387 g/mol. The van der Waals surface area contributed by atoms with E-state index >= 15 is 0 Å². The van der Waals surface area contributed by atoms with Gasteiger partial charge in [0, 0.05) is 15.1 Å². The van der Waals surface area contributed by atoms with Gasteiger partial charge in [0.25, 0.3) is 0 Å². The van der Waals surface area contributed by atoms with Crippen LogP contribution in [0.1, 0.15) is 38.5 Å². The van der Waals surface area contributed by atoms with Crippen LogP contribution in [0.3, 0.4) is 0 Å². The Morgan fingerprint density at radius 3 is 2.50 bits per heavy atom. The minimum atomic E-state index is -0.404. The minimum absolute atomic E-state index is 0.0575. The van der Waals surface area contributed by atoms with Crippen molar-refractivity contribution in [2.24, 2.45) is 11.1 Å². The number of hydrogen-bond acceptors (Lipinski definition) is 2. The van der Waals surface area contributed by atoms with Crippen molar-refractivity contribution in [3.8, 4) is 0 Å². The fourth-order valence-electron chi connectivity index (χ4n) is 2.77. The highest BCUT2D eigenvalue weighted by atomic mass is 127. The van der Waals surface area contributed by atoms with Crippen molar-refractivity contribution in [1.82, 2.24) is 0 Å². The third kappa shape index (κ3) is 3.65. The van der Waals surface area contributed by atoms with Gasteiger partial charge < -0.3 is 11.1 Å². The Morgan fingerprint density at radius 2 is 1.95 bits per heavy atom. The molecule has 0 atom stereocenters. The summed E-state index contributed by atoms with van der Waals surface area (Å²) in [7, 11) is 0. The number of carbonyl (C=O) groups is 1. The SMILES string of the molecule is NCC1(C(=O)Nc2ccc(Cl)cc2I)CCCCCC1. The van der Waals surface area contributed by atoms with Crippen molar-refractivity contribution >= 4 is 45.8 Å². The number of hydrogen-bond donors (Lipinski definition) is 2. The lowest BCUT2D eigenvalue weighted by molar-refractivity contribution is -0.125. The first-order valence-corrected chi connectivity index (χ1v) is 8.50. The molecule has 0 aliphatic heterocycles. The molecule has 0 saturated heterocycles. The van der Waals surface area contributed by atoms with E-state index in [1.54, 1.807) is 6.07 Å². The maximum Gasteiger partial charge on any atom is 0.231 e. The van der Waals surface area contributed by atoms with Crippen molar-refractivity contribution < 1.29 is 4.79 Å². The van der Waals surface area contributed by atoms with E-state index in [2.05, 4.69) is 27.9 Å². The van der Waals surface area contributed by atoms with Gasteiger partial charge in [-0.15, -0.1) is 0 Å². The monoisotopic (exact) mass is 406 g/mol. The zero-order valence-electron chi connectivity index (χ0n) is 11.4. The molecule has 1 aromatic carbocycles. The van der Waals surface area contributed by atoms with Gasteiger partial charge in [0.2, 0.25) is 5.91 Å². The fourth-order valence-corrected chi connectivity index (χ4v) is 3.78. The quantitative estimate of drug-likeness (QED) is 0.584. The second kappa shape index (κ2) is 7.09. The van der Waals surface area contributed by atoms with Gasteiger partial charge in [-0.25, -0.2) is 0 Å². The molecule has 3 N–H and O–H groups in total. The maximum atomic E-state index is 12.7. The lowest BCUT2D eigenvalue weighted by Crippen LogP contribution is -2.42. The highest BCUT2D eigenvalue weighted by molar-refractivity contribution is 14.1. The van der Waals surface area contributed by atoms with E-state index in [0.29, 0.717) is 11.6 Å². The Hall–Kier alpha value is -0.330. The van der Waals surface area contributed by atoms with Crippen LogP contribution in [0.15, 0.2) is 18.2 Å². The topological polar surface area (TPSA) is 55.1 Å². The standard InChI is InChI=1S/C15H20ClIN2O/c16-11-5-6-13(12(17)9-11)19-14(20)15(10-18)7-3-1-2-4-8-15/h5-6,9H,1-4,7-8,10,18H2,(H,19,20). The lowest BCUT2D eigenvalue weighted by atomic mass is 9.79. The number of amides is 1. The van der Waals surface area contributed by atoms with Crippen LogP contribution in [0.4, 0.5) is 5.69 Å². The molecule has 0 radical (unpaired) electrons. The average Bonchev–Trinajstić information content (AvgIpc) is 2.68. The number of nitrogens with one attached hydrogen (secondary N) is 1. The van der Waals surface area contributed by atoms with Crippen LogP contribution in [0.2, 0.25) is 5.02 Å². The van der Waals surface area contributed by atoms with Crippen LogP contribution >= 0.6 is 34.2 Å². The molecule has 0 aromatic heterocycles. The molecule has 20 heavy (non-hydrogen) atoms. The molecule has 0 unspecified atom stereocenters. The Bertz CT molecular complexity index is 485. The van der Waals surface area contributed by atoms with E-state index in [9.17, 15) is 4.79 Å². The molecule has 1 aliphatic rings. The van der Waals surface area contributed by atoms with E-state index in [4.69, 9.17) is 17.3 Å². The molecule has 0 heterocycles. The summed E-state index contributed by atoms with van der Waals surface area (Å²) in [6, 6.07) is 5.49. The van der Waals surface area contributed by atoms with E-state index in [0.717, 1.165) is 34.9 Å². The Labute approximate surface area is 138 Å². The number of rotatable bonds is 3. The lowest BCUT2D eigenvalue weighted by Gasteiger charge is -2.30. The third-order valence-electron chi connectivity index (χ3n) is 4.11. The predicted molar refractivity (Wildman–Crippen MR) is 92.0 cm³/mol. The molecule has 0 spiro atoms. The summed E-state index contributed by atoms with van der Waals surface area (Å²) in [5.74, 6) is 0.0575. The van der Waals surface area contributed by atoms with Gasteiger partial charge in [-0.1, -0.05) is 37.3 Å². The van der Waals surface area contributed by atoms with E-state index in [1.165, 1.54) is 12.8 Å². The molecule has 5 heteroatoms. The van der Waals surface area contributed by atoms with Gasteiger partial charge in [-0.05, 0) is 53.6 Å². The number of halogens is 2. The van der Waals surface area contributed by atoms with Crippen LogP contribution in [-0.4, -0.2) is 12.5 Å². The van der Waals surface area contributed by atoms with Gasteiger partial charge >= 0.3 is 0 Å². The van der Waals surface area contributed by atoms with E-state index in [1.807, 2.05) is 12.1 Å². The van der Waals surface area contributed by atoms with E-state index in [-0.39, 0.29) is 5.91 Å². The van der Waals surface area contributed by atoms with E-state index < -0.39 is 5.41 Å². The zero-order valence-corrected chi connectivity index (χ0v) is 14.3. The second-order valence-corrected chi connectivity index (χ2v) is 7.08. The first-order chi connectivity index (χ1) is 9.57. The largest absolute Gasteiger partial charge is 0.329 e. The minimum Gasteiger partial charge on any atom is -0.329 e. The number of anilines is 1. The van der Waals surface area contributed by atoms with Crippen LogP contribution in [0, 0.1) is 8.99 Å². The van der Waals surface area contributed by atoms with Gasteiger partial charge in [0.1, 0.15) is 0 Å². The van der Waals surface area contributed by atoms with Gasteiger partial charge in [-0.2, -0.15) is 0 Å². The van der Waals surface area contributed by atoms with Gasteiger partial charge in [0.05, 0.1) is 11.1 Å². The Kier molecular flexibility index (Phi) is 5.69. The summed E-state index contributed by atoms with van der Waals surface area (Å²) in [6.07, 6.45) is 6.35. The fraction of sp³-hybridized carbons (Fsp3) is 0.533. The van der Waals surface area contributed by atoms with Crippen molar-refractivity contribution in [1.29, 1.82) is 0 Å². The van der Waals surface area contributed by atoms with Crippen molar-refractivity contribution in [2.45, 2.75) is 38.5 Å². The summed E-state index contributed by atoms with van der Waals surface area (Å²) in [5, 5.41) is 3.72. The zero-order chi connectivity index (χ0) is 14.6. The molecule has 110 valence electrons. The Morgan fingerprint density at radius 1 is 1.30 bits per heavy atom. The first-order valence-electron chi connectivity index (χ1n) is 7.04. The predicted octanol–water partition coefficient (Wildman–Crippen LogP) is 4.18. The summed E-state index contributed by atoms with van der Waals surface area (Å²) in [6.45, 7) is 0.420. The van der Waals surface area contributed by atoms with Crippen molar-refractivity contribution in [2.75, 3.05) is 11.9 Å². The first kappa shape index (κ1) is 16.0. The van der Waals surface area contributed by atoms with Crippen LogP contribution < -0.4 is 11.1 Å². The van der Waals surface area contributed by atoms with Crippen molar-refractivity contribution in [3.05, 3.63) is 26.8 Å². The molecule has 1 amide bonds. The van der Waals surface area contributed by atoms with Gasteiger partial charge in [-0.3, -0.25) is 4.79 Å². The number of nitrogens with two attached hydrogens (primary N) is 1. The maximum absolute atomic E-state index is 12.7. The van der Waals surface area contributed by atoms with Crippen LogP contribution in [0.25, 0.3) is 0 Å². The molecular formula is C15H20ClIN2O. The summed E-state index contributed by atoms with van der Waals surface area (Å²) < 4.78 is 0.948. The average molecular weight is 407 g/mol. The number of benzene rings is 1. The highest BCUT2D eigenvalue weighted by Crippen LogP contribution is 2.36. The second-order valence-electron chi connectivity index (χ2n) is 5.48. The van der Waals surface area contributed by atoms with Crippen LogP contribution in [-0.2, 0) is 4.79 Å². The smallest absolute Gasteiger partial charge is 0.231 e. The highest BCUT2D eigenvalue weighted by Gasteiger charge is 2.37. The molecule has 2 rings (SSSR count). The molecule has 3 nitrogen and oxygen atoms in total. The molecule has 0 bridgehead atoms. The number of carbonyl (C=O) groups excluding carboxylic acids is 1. The molecule has 1 saturated carbocycles. The normalized spacial score (nSPS) is 18.4. The molecule has 1 aromatic rings. The van der Waals surface area contributed by atoms with Crippen LogP contribution in [0.5, 0.6) is 0 Å². The summed E-state index contributed by atoms with van der Waals surface area (Å²) >= 11 is 8.13. The summed E-state index contributed by atoms with van der Waals surface area (Å²) in [4.78, 5) is 12.7. The molecule has 1 aliphatic carbocycles. The molecule has 1 fully saturated rings. The third-order valence-corrected chi connectivity index (χ3v) is 5.24. The Balaban J connectivity index is 2.16. The van der Waals surface area contributed by atoms with Gasteiger partial charge in [0.15, 0.2) is 0 Å². The summed E-state index contributed by atoms with van der Waals surface area (Å²) in [5.41, 5.74) is 6.35.